The van der Waals surface area contributed by atoms with Gasteiger partial charge in [0.25, 0.3) is 0 Å². The number of benzene rings is 1. The summed E-state index contributed by atoms with van der Waals surface area (Å²) >= 11 is 0. The Morgan fingerprint density at radius 1 is 1.27 bits per heavy atom. The summed E-state index contributed by atoms with van der Waals surface area (Å²) in [4.78, 5) is 23.4. The molecule has 1 aliphatic rings. The molecule has 5 nitrogen and oxygen atoms in total. The molecule has 1 fully saturated rings. The van der Waals surface area contributed by atoms with Crippen LogP contribution < -0.4 is 5.32 Å². The fourth-order valence-electron chi connectivity index (χ4n) is 2.43. The summed E-state index contributed by atoms with van der Waals surface area (Å²) in [5.41, 5.74) is -1.25. The topological polar surface area (TPSA) is 75.6 Å². The minimum atomic E-state index is -1.34. The van der Waals surface area contributed by atoms with Crippen LogP contribution in [0.2, 0.25) is 0 Å². The molecule has 0 unspecified atom stereocenters. The van der Waals surface area contributed by atoms with E-state index in [2.05, 4.69) is 5.32 Å². The fourth-order valence-corrected chi connectivity index (χ4v) is 2.43. The number of aliphatic carboxylic acids is 1. The van der Waals surface area contributed by atoms with Gasteiger partial charge in [0.15, 0.2) is 11.6 Å². The van der Waals surface area contributed by atoms with Crippen LogP contribution in [-0.2, 0) is 20.7 Å². The number of halogens is 2. The van der Waals surface area contributed by atoms with Gasteiger partial charge in [-0.05, 0) is 18.1 Å². The molecule has 0 atom stereocenters. The molecule has 7 heteroatoms. The summed E-state index contributed by atoms with van der Waals surface area (Å²) < 4.78 is 31.7. The van der Waals surface area contributed by atoms with Crippen molar-refractivity contribution in [2.75, 3.05) is 13.2 Å². The molecule has 0 aromatic heterocycles. The lowest BCUT2D eigenvalue weighted by Crippen LogP contribution is -2.57. The monoisotopic (exact) mass is 313 g/mol. The molecule has 0 bridgehead atoms. The van der Waals surface area contributed by atoms with E-state index < -0.39 is 29.0 Å². The van der Waals surface area contributed by atoms with Crippen molar-refractivity contribution >= 4 is 11.9 Å². The molecule has 1 aliphatic heterocycles. The number of carboxylic acids is 1. The van der Waals surface area contributed by atoms with Gasteiger partial charge in [-0.25, -0.2) is 13.6 Å². The molecular formula is C15H17F2NO4. The molecule has 0 spiro atoms. The third-order valence-corrected chi connectivity index (χ3v) is 3.79. The third-order valence-electron chi connectivity index (χ3n) is 3.79. The zero-order valence-corrected chi connectivity index (χ0v) is 11.9. The quantitative estimate of drug-likeness (QED) is 0.866. The second-order valence-electron chi connectivity index (χ2n) is 5.26. The van der Waals surface area contributed by atoms with Gasteiger partial charge in [-0.15, -0.1) is 0 Å². The second kappa shape index (κ2) is 6.83. The standard InChI is InChI=1S/C15H17F2NO4/c16-11-3-1-2-10(13(11)17)4-5-12(19)18-15(14(20)21)6-8-22-9-7-15/h1-3H,4-9H2,(H,18,19)(H,20,21). The van der Waals surface area contributed by atoms with Crippen LogP contribution in [0.3, 0.4) is 0 Å². The minimum Gasteiger partial charge on any atom is -0.480 e. The van der Waals surface area contributed by atoms with Gasteiger partial charge in [-0.3, -0.25) is 4.79 Å². The Balaban J connectivity index is 1.97. The zero-order chi connectivity index (χ0) is 16.2. The average molecular weight is 313 g/mol. The molecule has 22 heavy (non-hydrogen) atoms. The second-order valence-corrected chi connectivity index (χ2v) is 5.26. The van der Waals surface area contributed by atoms with Crippen molar-refractivity contribution in [3.8, 4) is 0 Å². The maximum atomic E-state index is 13.5. The molecule has 1 aromatic rings. The maximum Gasteiger partial charge on any atom is 0.329 e. The first-order valence-electron chi connectivity index (χ1n) is 7.00. The first kappa shape index (κ1) is 16.4. The summed E-state index contributed by atoms with van der Waals surface area (Å²) in [6.45, 7) is 0.510. The zero-order valence-electron chi connectivity index (χ0n) is 11.9. The maximum absolute atomic E-state index is 13.5. The van der Waals surface area contributed by atoms with Gasteiger partial charge < -0.3 is 15.2 Å². The van der Waals surface area contributed by atoms with Gasteiger partial charge >= 0.3 is 5.97 Å². The molecule has 2 N–H and O–H groups in total. The summed E-state index contributed by atoms with van der Waals surface area (Å²) in [5, 5.41) is 11.8. The highest BCUT2D eigenvalue weighted by atomic mass is 19.2. The van der Waals surface area contributed by atoms with E-state index in [9.17, 15) is 23.5 Å². The van der Waals surface area contributed by atoms with Gasteiger partial charge in [0, 0.05) is 32.5 Å². The Labute approximate surface area is 126 Å². The predicted octanol–water partition coefficient (Wildman–Crippen LogP) is 1.65. The van der Waals surface area contributed by atoms with Crippen molar-refractivity contribution in [1.82, 2.24) is 5.32 Å². The van der Waals surface area contributed by atoms with Crippen LogP contribution in [0.25, 0.3) is 0 Å². The Morgan fingerprint density at radius 3 is 2.59 bits per heavy atom. The average Bonchev–Trinajstić information content (AvgIpc) is 2.49. The lowest BCUT2D eigenvalue weighted by atomic mass is 9.90. The summed E-state index contributed by atoms with van der Waals surface area (Å²) in [6, 6.07) is 3.76. The third kappa shape index (κ3) is 3.59. The van der Waals surface area contributed by atoms with E-state index in [4.69, 9.17) is 4.74 Å². The van der Waals surface area contributed by atoms with Crippen LogP contribution in [0.15, 0.2) is 18.2 Å². The number of rotatable bonds is 5. The lowest BCUT2D eigenvalue weighted by molar-refractivity contribution is -0.152. The van der Waals surface area contributed by atoms with Crippen molar-refractivity contribution in [2.24, 2.45) is 0 Å². The minimum absolute atomic E-state index is 0.00161. The normalized spacial score (nSPS) is 17.0. The number of aryl methyl sites for hydroxylation is 1. The van der Waals surface area contributed by atoms with Crippen LogP contribution in [-0.4, -0.2) is 35.7 Å². The van der Waals surface area contributed by atoms with E-state index in [0.717, 1.165) is 6.07 Å². The number of carbonyl (C=O) groups is 2. The fraction of sp³-hybridized carbons (Fsp3) is 0.467. The summed E-state index contributed by atoms with van der Waals surface area (Å²) in [7, 11) is 0. The number of nitrogens with one attached hydrogen (secondary N) is 1. The molecule has 1 heterocycles. The van der Waals surface area contributed by atoms with Crippen LogP contribution in [0.1, 0.15) is 24.8 Å². The molecule has 120 valence electrons. The highest BCUT2D eigenvalue weighted by Crippen LogP contribution is 2.21. The van der Waals surface area contributed by atoms with E-state index >= 15 is 0 Å². The van der Waals surface area contributed by atoms with Crippen molar-refractivity contribution in [3.63, 3.8) is 0 Å². The molecule has 1 saturated heterocycles. The van der Waals surface area contributed by atoms with Crippen LogP contribution in [0.5, 0.6) is 0 Å². The number of ether oxygens (including phenoxy) is 1. The highest BCUT2D eigenvalue weighted by molar-refractivity contribution is 5.87. The molecule has 0 saturated carbocycles. The molecule has 2 rings (SSSR count). The van der Waals surface area contributed by atoms with Crippen LogP contribution >= 0.6 is 0 Å². The van der Waals surface area contributed by atoms with E-state index in [0.29, 0.717) is 0 Å². The van der Waals surface area contributed by atoms with E-state index in [1.807, 2.05) is 0 Å². The summed E-state index contributed by atoms with van der Waals surface area (Å²) in [6.07, 6.45) is 0.253. The molecule has 0 radical (unpaired) electrons. The van der Waals surface area contributed by atoms with Gasteiger partial charge in [-0.1, -0.05) is 12.1 Å². The van der Waals surface area contributed by atoms with E-state index in [1.165, 1.54) is 12.1 Å². The lowest BCUT2D eigenvalue weighted by Gasteiger charge is -2.33. The molecular weight excluding hydrogens is 296 g/mol. The number of carbonyl (C=O) groups excluding carboxylic acids is 1. The first-order valence-corrected chi connectivity index (χ1v) is 7.00. The highest BCUT2D eigenvalue weighted by Gasteiger charge is 2.41. The van der Waals surface area contributed by atoms with Crippen LogP contribution in [0, 0.1) is 11.6 Å². The van der Waals surface area contributed by atoms with Crippen molar-refractivity contribution < 1.29 is 28.2 Å². The van der Waals surface area contributed by atoms with Gasteiger partial charge in [0.1, 0.15) is 5.54 Å². The van der Waals surface area contributed by atoms with Crippen molar-refractivity contribution in [3.05, 3.63) is 35.4 Å². The number of hydrogen-bond acceptors (Lipinski definition) is 3. The Morgan fingerprint density at radius 2 is 1.95 bits per heavy atom. The van der Waals surface area contributed by atoms with Gasteiger partial charge in [0.05, 0.1) is 0 Å². The first-order chi connectivity index (χ1) is 10.4. The number of carboxylic acid groups (broad SMARTS) is 1. The smallest absolute Gasteiger partial charge is 0.329 e. The molecule has 0 aliphatic carbocycles. The Bertz CT molecular complexity index is 571. The molecule has 1 aromatic carbocycles. The predicted molar refractivity (Wildman–Crippen MR) is 73.2 cm³/mol. The van der Waals surface area contributed by atoms with E-state index in [1.54, 1.807) is 0 Å². The Kier molecular flexibility index (Phi) is 5.07. The van der Waals surface area contributed by atoms with Gasteiger partial charge in [-0.2, -0.15) is 0 Å². The number of amides is 1. The summed E-state index contributed by atoms with van der Waals surface area (Å²) in [5.74, 6) is -3.56. The molecule has 1 amide bonds. The van der Waals surface area contributed by atoms with Crippen LogP contribution in [0.4, 0.5) is 8.78 Å². The number of hydrogen-bond donors (Lipinski definition) is 2. The van der Waals surface area contributed by atoms with Crippen molar-refractivity contribution in [1.29, 1.82) is 0 Å². The van der Waals surface area contributed by atoms with Gasteiger partial charge in [0.2, 0.25) is 5.91 Å². The van der Waals surface area contributed by atoms with Crippen molar-refractivity contribution in [2.45, 2.75) is 31.2 Å². The SMILES string of the molecule is O=C(CCc1cccc(F)c1F)NC1(C(=O)O)CCOCC1. The van der Waals surface area contributed by atoms with E-state index in [-0.39, 0.29) is 44.5 Å². The largest absolute Gasteiger partial charge is 0.480 e. The Hall–Kier alpha value is -2.02.